The van der Waals surface area contributed by atoms with Crippen LogP contribution in [0.15, 0.2) is 10.6 Å². The molecule has 0 bridgehead atoms. The first-order valence-electron chi connectivity index (χ1n) is 5.97. The maximum Gasteiger partial charge on any atom is 0.195 e. The molecule has 2 atom stereocenters. The van der Waals surface area contributed by atoms with Crippen molar-refractivity contribution >= 4 is 11.8 Å². The topological polar surface area (TPSA) is 46.3 Å². The van der Waals surface area contributed by atoms with Crippen LogP contribution in [0.3, 0.4) is 0 Å². The molecule has 0 aromatic carbocycles. The van der Waals surface area contributed by atoms with E-state index in [-0.39, 0.29) is 6.10 Å². The van der Waals surface area contributed by atoms with Gasteiger partial charge in [0, 0.05) is 18.1 Å². The fourth-order valence-corrected chi connectivity index (χ4v) is 3.29. The Morgan fingerprint density at radius 3 is 3.19 bits per heavy atom. The summed E-state index contributed by atoms with van der Waals surface area (Å²) in [6.07, 6.45) is 6.84. The molecule has 1 aliphatic heterocycles. The predicted octanol–water partition coefficient (Wildman–Crippen LogP) is 2.43. The normalized spacial score (nSPS) is 23.2. The molecule has 0 amide bonds. The van der Waals surface area contributed by atoms with Crippen LogP contribution in [0.5, 0.6) is 0 Å². The van der Waals surface area contributed by atoms with Gasteiger partial charge in [-0.1, -0.05) is 6.42 Å². The highest BCUT2D eigenvalue weighted by Gasteiger charge is 2.17. The average molecular weight is 241 g/mol. The Balaban J connectivity index is 1.86. The minimum Gasteiger partial charge on any atom is -0.446 e. The third-order valence-electron chi connectivity index (χ3n) is 2.77. The largest absolute Gasteiger partial charge is 0.446 e. The smallest absolute Gasteiger partial charge is 0.195 e. The molecule has 1 aromatic rings. The Bertz CT molecular complexity index is 319. The van der Waals surface area contributed by atoms with E-state index in [4.69, 9.17) is 4.42 Å². The molecule has 0 saturated carbocycles. The molecule has 1 fully saturated rings. The van der Waals surface area contributed by atoms with Crippen LogP contribution in [0.1, 0.15) is 37.8 Å². The zero-order valence-electron chi connectivity index (χ0n) is 9.69. The SMILES string of the molecule is CC(O)Cc1cnc(CC2CCCCS2)o1. The van der Waals surface area contributed by atoms with Gasteiger partial charge in [-0.15, -0.1) is 0 Å². The Hall–Kier alpha value is -0.480. The van der Waals surface area contributed by atoms with Crippen LogP contribution in [-0.4, -0.2) is 27.2 Å². The maximum absolute atomic E-state index is 9.24. The Labute approximate surface area is 101 Å². The van der Waals surface area contributed by atoms with Gasteiger partial charge in [0.15, 0.2) is 5.89 Å². The first-order valence-corrected chi connectivity index (χ1v) is 7.02. The lowest BCUT2D eigenvalue weighted by Gasteiger charge is -2.19. The van der Waals surface area contributed by atoms with Gasteiger partial charge < -0.3 is 9.52 Å². The number of aromatic nitrogens is 1. The maximum atomic E-state index is 9.24. The van der Waals surface area contributed by atoms with Crippen LogP contribution in [0, 0.1) is 0 Å². The van der Waals surface area contributed by atoms with Crippen molar-refractivity contribution in [3.63, 3.8) is 0 Å². The van der Waals surface area contributed by atoms with E-state index >= 15 is 0 Å². The number of rotatable bonds is 4. The number of aliphatic hydroxyl groups is 1. The summed E-state index contributed by atoms with van der Waals surface area (Å²) in [5.74, 6) is 2.90. The molecular formula is C12H19NO2S. The lowest BCUT2D eigenvalue weighted by Crippen LogP contribution is -2.12. The summed E-state index contributed by atoms with van der Waals surface area (Å²) in [7, 11) is 0. The second-order valence-corrected chi connectivity index (χ2v) is 5.87. The molecule has 2 heterocycles. The number of nitrogens with zero attached hydrogens (tertiary/aromatic N) is 1. The van der Waals surface area contributed by atoms with E-state index in [1.807, 2.05) is 11.8 Å². The van der Waals surface area contributed by atoms with E-state index < -0.39 is 0 Å². The van der Waals surface area contributed by atoms with E-state index in [1.54, 1.807) is 13.1 Å². The van der Waals surface area contributed by atoms with Crippen molar-refractivity contribution in [1.29, 1.82) is 0 Å². The van der Waals surface area contributed by atoms with Gasteiger partial charge in [0.1, 0.15) is 5.76 Å². The lowest BCUT2D eigenvalue weighted by molar-refractivity contribution is 0.186. The summed E-state index contributed by atoms with van der Waals surface area (Å²) in [6, 6.07) is 0. The summed E-state index contributed by atoms with van der Waals surface area (Å²) in [5, 5.41) is 9.92. The number of thioether (sulfide) groups is 1. The van der Waals surface area contributed by atoms with Gasteiger partial charge in [-0.25, -0.2) is 4.98 Å². The van der Waals surface area contributed by atoms with Gasteiger partial charge in [0.2, 0.25) is 0 Å². The molecule has 2 unspecified atom stereocenters. The highest BCUT2D eigenvalue weighted by Crippen LogP contribution is 2.27. The van der Waals surface area contributed by atoms with E-state index in [2.05, 4.69) is 4.98 Å². The molecule has 90 valence electrons. The van der Waals surface area contributed by atoms with Crippen molar-refractivity contribution in [3.05, 3.63) is 17.8 Å². The predicted molar refractivity (Wildman–Crippen MR) is 65.7 cm³/mol. The summed E-state index contributed by atoms with van der Waals surface area (Å²) in [5.41, 5.74) is 0. The minimum absolute atomic E-state index is 0.357. The molecule has 0 spiro atoms. The molecule has 0 radical (unpaired) electrons. The van der Waals surface area contributed by atoms with Gasteiger partial charge in [0.25, 0.3) is 0 Å². The fourth-order valence-electron chi connectivity index (χ4n) is 1.99. The van der Waals surface area contributed by atoms with Crippen LogP contribution in [0.25, 0.3) is 0 Å². The second-order valence-electron chi connectivity index (χ2n) is 4.47. The number of oxazole rings is 1. The molecule has 1 aliphatic rings. The summed E-state index contributed by atoms with van der Waals surface area (Å²) >= 11 is 2.03. The molecule has 16 heavy (non-hydrogen) atoms. The third kappa shape index (κ3) is 3.52. The Morgan fingerprint density at radius 2 is 2.50 bits per heavy atom. The number of hydrogen-bond acceptors (Lipinski definition) is 4. The van der Waals surface area contributed by atoms with Crippen molar-refractivity contribution in [2.45, 2.75) is 50.4 Å². The molecule has 4 heteroatoms. The highest BCUT2D eigenvalue weighted by molar-refractivity contribution is 7.99. The van der Waals surface area contributed by atoms with Gasteiger partial charge in [-0.2, -0.15) is 11.8 Å². The van der Waals surface area contributed by atoms with Crippen molar-refractivity contribution in [1.82, 2.24) is 4.98 Å². The first-order chi connectivity index (χ1) is 7.74. The number of aliphatic hydroxyl groups excluding tert-OH is 1. The Morgan fingerprint density at radius 1 is 1.62 bits per heavy atom. The molecule has 1 N–H and O–H groups in total. The standard InChI is InChI=1S/C12H19NO2S/c1-9(14)6-10-8-13-12(15-10)7-11-4-2-3-5-16-11/h8-9,11,14H,2-7H2,1H3. The molecular weight excluding hydrogens is 222 g/mol. The van der Waals surface area contributed by atoms with E-state index in [1.165, 1.54) is 25.0 Å². The average Bonchev–Trinajstić information content (AvgIpc) is 2.66. The van der Waals surface area contributed by atoms with Crippen LogP contribution in [0.2, 0.25) is 0 Å². The monoisotopic (exact) mass is 241 g/mol. The van der Waals surface area contributed by atoms with E-state index in [0.717, 1.165) is 18.1 Å². The third-order valence-corrected chi connectivity index (χ3v) is 4.17. The second kappa shape index (κ2) is 5.73. The van der Waals surface area contributed by atoms with Crippen molar-refractivity contribution in [3.8, 4) is 0 Å². The van der Waals surface area contributed by atoms with Crippen LogP contribution < -0.4 is 0 Å². The Kier molecular flexibility index (Phi) is 4.29. The number of hydrogen-bond donors (Lipinski definition) is 1. The van der Waals surface area contributed by atoms with E-state index in [0.29, 0.717) is 11.7 Å². The van der Waals surface area contributed by atoms with Crippen LogP contribution in [0.4, 0.5) is 0 Å². The molecule has 0 aliphatic carbocycles. The molecule has 1 aromatic heterocycles. The molecule has 2 rings (SSSR count). The zero-order valence-corrected chi connectivity index (χ0v) is 10.5. The van der Waals surface area contributed by atoms with Crippen LogP contribution >= 0.6 is 11.8 Å². The molecule has 3 nitrogen and oxygen atoms in total. The summed E-state index contributed by atoms with van der Waals surface area (Å²) in [6.45, 7) is 1.76. The van der Waals surface area contributed by atoms with Gasteiger partial charge >= 0.3 is 0 Å². The van der Waals surface area contributed by atoms with E-state index in [9.17, 15) is 5.11 Å². The van der Waals surface area contributed by atoms with Gasteiger partial charge in [-0.3, -0.25) is 0 Å². The first kappa shape index (κ1) is 12.0. The molecule has 1 saturated heterocycles. The van der Waals surface area contributed by atoms with Crippen molar-refractivity contribution in [2.75, 3.05) is 5.75 Å². The zero-order chi connectivity index (χ0) is 11.4. The fraction of sp³-hybridized carbons (Fsp3) is 0.750. The van der Waals surface area contributed by atoms with Crippen LogP contribution in [-0.2, 0) is 12.8 Å². The summed E-state index contributed by atoms with van der Waals surface area (Å²) in [4.78, 5) is 4.27. The van der Waals surface area contributed by atoms with Crippen molar-refractivity contribution in [2.24, 2.45) is 0 Å². The lowest BCUT2D eigenvalue weighted by atomic mass is 10.1. The minimum atomic E-state index is -0.357. The van der Waals surface area contributed by atoms with Gasteiger partial charge in [-0.05, 0) is 25.5 Å². The van der Waals surface area contributed by atoms with Gasteiger partial charge in [0.05, 0.1) is 12.3 Å². The summed E-state index contributed by atoms with van der Waals surface area (Å²) < 4.78 is 5.61. The quantitative estimate of drug-likeness (QED) is 0.879. The highest BCUT2D eigenvalue weighted by atomic mass is 32.2. The van der Waals surface area contributed by atoms with Crippen molar-refractivity contribution < 1.29 is 9.52 Å².